The van der Waals surface area contributed by atoms with Crippen molar-refractivity contribution in [1.29, 1.82) is 0 Å². The minimum Gasteiger partial charge on any atom is -0.468 e. The van der Waals surface area contributed by atoms with Crippen LogP contribution in [0.4, 0.5) is 0 Å². The first-order chi connectivity index (χ1) is 6.86. The summed E-state index contributed by atoms with van der Waals surface area (Å²) < 4.78 is 7.27. The lowest BCUT2D eigenvalue weighted by Crippen LogP contribution is -2.01. The molecule has 1 aromatic heterocycles. The Bertz CT molecular complexity index is 439. The summed E-state index contributed by atoms with van der Waals surface area (Å²) in [6.45, 7) is 0.865. The summed E-state index contributed by atoms with van der Waals surface area (Å²) in [6.07, 6.45) is 0. The number of fused-ring (bicyclic) bond motifs is 1. The Balaban J connectivity index is 2.61. The van der Waals surface area contributed by atoms with Crippen LogP contribution in [0.5, 0.6) is 6.01 Å². The van der Waals surface area contributed by atoms with Crippen LogP contribution in [0.2, 0.25) is 0 Å². The standard InChI is InChI=1S/C10H11BrN2O/c1-14-10-12-8-4-2-3-5-9(8)13(10)7-6-11/h2-5H,6-7H2,1H3. The number of benzene rings is 1. The van der Waals surface area contributed by atoms with Crippen LogP contribution in [0, 0.1) is 0 Å². The molecular weight excluding hydrogens is 244 g/mol. The number of rotatable bonds is 3. The smallest absolute Gasteiger partial charge is 0.297 e. The Labute approximate surface area is 90.8 Å². The zero-order chi connectivity index (χ0) is 9.97. The van der Waals surface area contributed by atoms with Crippen molar-refractivity contribution in [2.24, 2.45) is 0 Å². The molecule has 1 aromatic carbocycles. The highest BCUT2D eigenvalue weighted by molar-refractivity contribution is 9.09. The van der Waals surface area contributed by atoms with E-state index in [1.165, 1.54) is 0 Å². The summed E-state index contributed by atoms with van der Waals surface area (Å²) >= 11 is 3.42. The molecule has 0 aliphatic heterocycles. The second-order valence-corrected chi connectivity index (χ2v) is 3.72. The highest BCUT2D eigenvalue weighted by Crippen LogP contribution is 2.20. The van der Waals surface area contributed by atoms with E-state index in [0.29, 0.717) is 6.01 Å². The first-order valence-electron chi connectivity index (χ1n) is 4.42. The van der Waals surface area contributed by atoms with E-state index >= 15 is 0 Å². The van der Waals surface area contributed by atoms with Gasteiger partial charge in [-0.1, -0.05) is 28.1 Å². The maximum Gasteiger partial charge on any atom is 0.297 e. The molecule has 0 unspecified atom stereocenters. The second kappa shape index (κ2) is 4.00. The molecule has 0 aliphatic carbocycles. The van der Waals surface area contributed by atoms with Gasteiger partial charge in [-0.15, -0.1) is 0 Å². The topological polar surface area (TPSA) is 27.1 Å². The quantitative estimate of drug-likeness (QED) is 0.787. The Morgan fingerprint density at radius 2 is 2.21 bits per heavy atom. The van der Waals surface area contributed by atoms with E-state index in [1.807, 2.05) is 24.3 Å². The number of aryl methyl sites for hydroxylation is 1. The Morgan fingerprint density at radius 1 is 1.43 bits per heavy atom. The largest absolute Gasteiger partial charge is 0.468 e. The SMILES string of the molecule is COc1nc2ccccc2n1CCBr. The van der Waals surface area contributed by atoms with Crippen molar-refractivity contribution in [3.63, 3.8) is 0 Å². The number of methoxy groups -OCH3 is 1. The van der Waals surface area contributed by atoms with Crippen molar-refractivity contribution in [3.8, 4) is 6.01 Å². The van der Waals surface area contributed by atoms with E-state index < -0.39 is 0 Å². The Kier molecular flexibility index (Phi) is 2.72. The maximum absolute atomic E-state index is 5.21. The third-order valence-corrected chi connectivity index (χ3v) is 2.46. The third-order valence-electron chi connectivity index (χ3n) is 2.11. The molecule has 0 spiro atoms. The van der Waals surface area contributed by atoms with Crippen molar-refractivity contribution in [2.45, 2.75) is 6.54 Å². The summed E-state index contributed by atoms with van der Waals surface area (Å²) in [5, 5.41) is 0.893. The predicted molar refractivity (Wildman–Crippen MR) is 60.1 cm³/mol. The van der Waals surface area contributed by atoms with Gasteiger partial charge in [0.1, 0.15) is 0 Å². The minimum atomic E-state index is 0.672. The van der Waals surface area contributed by atoms with Crippen LogP contribution in [-0.2, 0) is 6.54 Å². The molecule has 1 heterocycles. The predicted octanol–water partition coefficient (Wildman–Crippen LogP) is 2.44. The molecule has 0 radical (unpaired) electrons. The van der Waals surface area contributed by atoms with Gasteiger partial charge in [0, 0.05) is 11.9 Å². The molecule has 0 fully saturated rings. The molecule has 2 rings (SSSR count). The Morgan fingerprint density at radius 3 is 2.93 bits per heavy atom. The molecule has 0 amide bonds. The van der Waals surface area contributed by atoms with E-state index in [9.17, 15) is 0 Å². The van der Waals surface area contributed by atoms with Gasteiger partial charge in [-0.05, 0) is 12.1 Å². The van der Waals surface area contributed by atoms with Gasteiger partial charge in [-0.3, -0.25) is 4.57 Å². The monoisotopic (exact) mass is 254 g/mol. The number of nitrogens with zero attached hydrogens (tertiary/aromatic N) is 2. The number of ether oxygens (including phenoxy) is 1. The van der Waals surface area contributed by atoms with Crippen molar-refractivity contribution in [1.82, 2.24) is 9.55 Å². The van der Waals surface area contributed by atoms with Gasteiger partial charge in [0.25, 0.3) is 6.01 Å². The third kappa shape index (κ3) is 1.50. The summed E-state index contributed by atoms with van der Waals surface area (Å²) in [4.78, 5) is 4.37. The van der Waals surface area contributed by atoms with E-state index in [2.05, 4.69) is 25.5 Å². The van der Waals surface area contributed by atoms with Crippen molar-refractivity contribution < 1.29 is 4.74 Å². The number of halogens is 1. The molecule has 0 saturated heterocycles. The average molecular weight is 255 g/mol. The first kappa shape index (κ1) is 9.52. The second-order valence-electron chi connectivity index (χ2n) is 2.93. The fraction of sp³-hybridized carbons (Fsp3) is 0.300. The molecule has 2 aromatic rings. The fourth-order valence-corrected chi connectivity index (χ4v) is 1.86. The molecule has 0 saturated carbocycles. The number of hydrogen-bond donors (Lipinski definition) is 0. The van der Waals surface area contributed by atoms with Crippen molar-refractivity contribution in [2.75, 3.05) is 12.4 Å². The van der Waals surface area contributed by atoms with Gasteiger partial charge in [0.15, 0.2) is 0 Å². The molecule has 74 valence electrons. The lowest BCUT2D eigenvalue weighted by atomic mass is 10.3. The molecule has 0 aliphatic rings. The van der Waals surface area contributed by atoms with Gasteiger partial charge < -0.3 is 4.74 Å². The van der Waals surface area contributed by atoms with E-state index in [-0.39, 0.29) is 0 Å². The van der Waals surface area contributed by atoms with Crippen molar-refractivity contribution >= 4 is 27.0 Å². The number of imidazole rings is 1. The van der Waals surface area contributed by atoms with Gasteiger partial charge in [0.05, 0.1) is 18.1 Å². The first-order valence-corrected chi connectivity index (χ1v) is 5.54. The molecule has 0 atom stereocenters. The molecule has 14 heavy (non-hydrogen) atoms. The lowest BCUT2D eigenvalue weighted by molar-refractivity contribution is 0.363. The lowest BCUT2D eigenvalue weighted by Gasteiger charge is -2.04. The van der Waals surface area contributed by atoms with Crippen LogP contribution < -0.4 is 4.74 Å². The molecule has 4 heteroatoms. The van der Waals surface area contributed by atoms with Gasteiger partial charge in [-0.2, -0.15) is 4.98 Å². The zero-order valence-corrected chi connectivity index (χ0v) is 9.49. The maximum atomic E-state index is 5.21. The molecule has 3 nitrogen and oxygen atoms in total. The van der Waals surface area contributed by atoms with Gasteiger partial charge in [-0.25, -0.2) is 0 Å². The van der Waals surface area contributed by atoms with Crippen LogP contribution in [0.1, 0.15) is 0 Å². The highest BCUT2D eigenvalue weighted by atomic mass is 79.9. The number of para-hydroxylation sites is 2. The van der Waals surface area contributed by atoms with Crippen LogP contribution in [0.15, 0.2) is 24.3 Å². The molecular formula is C10H11BrN2O. The Hall–Kier alpha value is -1.03. The zero-order valence-electron chi connectivity index (χ0n) is 7.90. The van der Waals surface area contributed by atoms with Crippen LogP contribution in [0.25, 0.3) is 11.0 Å². The number of hydrogen-bond acceptors (Lipinski definition) is 2. The van der Waals surface area contributed by atoms with Crippen molar-refractivity contribution in [3.05, 3.63) is 24.3 Å². The summed E-state index contributed by atoms with van der Waals surface area (Å²) in [7, 11) is 1.64. The average Bonchev–Trinajstić information content (AvgIpc) is 2.58. The summed E-state index contributed by atoms with van der Waals surface area (Å²) in [5.41, 5.74) is 2.09. The summed E-state index contributed by atoms with van der Waals surface area (Å²) in [5.74, 6) is 0. The molecule has 0 N–H and O–H groups in total. The normalized spacial score (nSPS) is 10.7. The fourth-order valence-electron chi connectivity index (χ4n) is 1.51. The van der Waals surface area contributed by atoms with E-state index in [1.54, 1.807) is 7.11 Å². The minimum absolute atomic E-state index is 0.672. The number of alkyl halides is 1. The van der Waals surface area contributed by atoms with Gasteiger partial charge >= 0.3 is 0 Å². The highest BCUT2D eigenvalue weighted by Gasteiger charge is 2.08. The van der Waals surface area contributed by atoms with E-state index in [0.717, 1.165) is 22.9 Å². The number of aromatic nitrogens is 2. The van der Waals surface area contributed by atoms with E-state index in [4.69, 9.17) is 4.74 Å². The summed E-state index contributed by atoms with van der Waals surface area (Å²) in [6, 6.07) is 8.70. The van der Waals surface area contributed by atoms with Crippen LogP contribution >= 0.6 is 15.9 Å². The van der Waals surface area contributed by atoms with Crippen LogP contribution in [-0.4, -0.2) is 22.0 Å². The van der Waals surface area contributed by atoms with Crippen LogP contribution in [0.3, 0.4) is 0 Å². The molecule has 0 bridgehead atoms. The van der Waals surface area contributed by atoms with Gasteiger partial charge in [0.2, 0.25) is 0 Å².